The molecule has 3 aromatic carbocycles. The third-order valence-corrected chi connectivity index (χ3v) is 5.95. The van der Waals surface area contributed by atoms with Gasteiger partial charge in [-0.05, 0) is 41.7 Å². The van der Waals surface area contributed by atoms with E-state index in [1.165, 1.54) is 5.56 Å². The lowest BCUT2D eigenvalue weighted by molar-refractivity contribution is -0.124. The maximum absolute atomic E-state index is 11.2. The Bertz CT molecular complexity index is 914. The second-order valence-electron chi connectivity index (χ2n) is 8.02. The maximum atomic E-state index is 11.2. The number of hydrogen-bond donors (Lipinski definition) is 2. The summed E-state index contributed by atoms with van der Waals surface area (Å²) in [5.41, 5.74) is 1.92. The van der Waals surface area contributed by atoms with Gasteiger partial charge in [-0.15, -0.1) is 0 Å². The molecule has 0 amide bonds. The van der Waals surface area contributed by atoms with Gasteiger partial charge in [-0.3, -0.25) is 0 Å². The number of benzene rings is 3. The van der Waals surface area contributed by atoms with Gasteiger partial charge in [0.05, 0.1) is 6.10 Å². The Morgan fingerprint density at radius 3 is 2.13 bits per heavy atom. The largest absolute Gasteiger partial charge is 0.489 e. The number of β-amino-alcohol motifs (C(OH)–C–C–N with tert-alkyl or cyclic N) is 1. The average Bonchev–Trinajstić information content (AvgIpc) is 2.80. The zero-order valence-corrected chi connectivity index (χ0v) is 17.2. The van der Waals surface area contributed by atoms with E-state index in [0.29, 0.717) is 19.6 Å². The topological polar surface area (TPSA) is 52.9 Å². The summed E-state index contributed by atoms with van der Waals surface area (Å²) < 4.78 is 5.83. The number of aliphatic hydroxyl groups is 2. The minimum absolute atomic E-state index is 0.468. The molecule has 0 aromatic heterocycles. The minimum Gasteiger partial charge on any atom is -0.489 e. The Balaban J connectivity index is 1.33. The van der Waals surface area contributed by atoms with Crippen LogP contribution in [0.1, 0.15) is 23.1 Å². The van der Waals surface area contributed by atoms with Crippen molar-refractivity contribution < 1.29 is 14.9 Å². The van der Waals surface area contributed by atoms with Gasteiger partial charge in [-0.2, -0.15) is 0 Å². The van der Waals surface area contributed by atoms with Gasteiger partial charge in [0, 0.05) is 19.6 Å². The summed E-state index contributed by atoms with van der Waals surface area (Å²) in [6, 6.07) is 27.8. The predicted molar refractivity (Wildman–Crippen MR) is 118 cm³/mol. The average molecular weight is 404 g/mol. The smallest absolute Gasteiger partial charge is 0.119 e. The number of piperidine rings is 1. The van der Waals surface area contributed by atoms with Crippen molar-refractivity contribution in [3.05, 3.63) is 102 Å². The van der Waals surface area contributed by atoms with Crippen LogP contribution in [-0.4, -0.2) is 40.9 Å². The van der Waals surface area contributed by atoms with Crippen molar-refractivity contribution >= 4 is 0 Å². The van der Waals surface area contributed by atoms with E-state index in [2.05, 4.69) is 17.0 Å². The molecule has 0 unspecified atom stereocenters. The molecule has 0 radical (unpaired) electrons. The highest BCUT2D eigenvalue weighted by Crippen LogP contribution is 2.34. The molecule has 1 heterocycles. The van der Waals surface area contributed by atoms with Crippen molar-refractivity contribution in [3.63, 3.8) is 0 Å². The molecule has 156 valence electrons. The third-order valence-electron chi connectivity index (χ3n) is 5.95. The highest BCUT2D eigenvalue weighted by atomic mass is 16.5. The first-order chi connectivity index (χ1) is 14.6. The maximum Gasteiger partial charge on any atom is 0.119 e. The second-order valence-corrected chi connectivity index (χ2v) is 8.02. The second kappa shape index (κ2) is 9.43. The van der Waals surface area contributed by atoms with Crippen molar-refractivity contribution in [3.8, 4) is 5.75 Å². The van der Waals surface area contributed by atoms with Crippen molar-refractivity contribution in [1.82, 2.24) is 4.90 Å². The molecule has 0 saturated carbocycles. The molecule has 0 bridgehead atoms. The van der Waals surface area contributed by atoms with Crippen LogP contribution in [-0.2, 0) is 18.6 Å². The number of ether oxygens (including phenoxy) is 1. The van der Waals surface area contributed by atoms with Crippen LogP contribution in [0.2, 0.25) is 0 Å². The van der Waals surface area contributed by atoms with E-state index in [-0.39, 0.29) is 0 Å². The zero-order chi connectivity index (χ0) is 20.8. The monoisotopic (exact) mass is 403 g/mol. The van der Waals surface area contributed by atoms with Crippen LogP contribution in [0.3, 0.4) is 0 Å². The van der Waals surface area contributed by atoms with Gasteiger partial charge in [0.1, 0.15) is 18.0 Å². The lowest BCUT2D eigenvalue weighted by atomic mass is 9.82. The normalized spacial score (nSPS) is 22.0. The summed E-state index contributed by atoms with van der Waals surface area (Å²) in [6.45, 7) is 2.61. The van der Waals surface area contributed by atoms with Gasteiger partial charge < -0.3 is 19.8 Å². The molecule has 2 N–H and O–H groups in total. The molecule has 4 nitrogen and oxygen atoms in total. The van der Waals surface area contributed by atoms with Crippen LogP contribution in [0.15, 0.2) is 84.9 Å². The van der Waals surface area contributed by atoms with Crippen LogP contribution >= 0.6 is 0 Å². The van der Waals surface area contributed by atoms with E-state index in [1.54, 1.807) is 0 Å². The van der Waals surface area contributed by atoms with Crippen LogP contribution in [0, 0.1) is 0 Å². The summed E-state index contributed by atoms with van der Waals surface area (Å²) >= 11 is 0. The van der Waals surface area contributed by atoms with Crippen molar-refractivity contribution in [2.45, 2.75) is 31.2 Å². The summed E-state index contributed by atoms with van der Waals surface area (Å²) in [4.78, 5) is 2.23. The molecule has 1 fully saturated rings. The fourth-order valence-corrected chi connectivity index (χ4v) is 4.03. The summed E-state index contributed by atoms with van der Waals surface area (Å²) in [7, 11) is 0. The molecule has 2 atom stereocenters. The van der Waals surface area contributed by atoms with Gasteiger partial charge in [-0.25, -0.2) is 0 Å². The van der Waals surface area contributed by atoms with Crippen LogP contribution in [0.5, 0.6) is 5.75 Å². The molecule has 4 heteroatoms. The quantitative estimate of drug-likeness (QED) is 0.631. The Labute approximate surface area is 178 Å². The predicted octanol–water partition coefficient (Wildman–Crippen LogP) is 3.76. The minimum atomic E-state index is -1.22. The Morgan fingerprint density at radius 2 is 1.50 bits per heavy atom. The standard InChI is InChI=1S/C26H29NO3/c28-25-19-27(17-15-21-7-3-1-4-8-21)18-16-26(25,29)23-11-13-24(14-12-23)30-20-22-9-5-2-6-10-22/h1-14,25,28-29H,15-20H2/t25-,26-/m0/s1. The third kappa shape index (κ3) is 4.90. The fraction of sp³-hybridized carbons (Fsp3) is 0.308. The van der Waals surface area contributed by atoms with E-state index in [9.17, 15) is 10.2 Å². The number of likely N-dealkylation sites (tertiary alicyclic amines) is 1. The molecule has 1 aliphatic heterocycles. The number of hydrogen-bond acceptors (Lipinski definition) is 4. The van der Waals surface area contributed by atoms with E-state index in [4.69, 9.17) is 4.74 Å². The van der Waals surface area contributed by atoms with Crippen LogP contribution in [0.25, 0.3) is 0 Å². The first-order valence-corrected chi connectivity index (χ1v) is 10.6. The van der Waals surface area contributed by atoms with Gasteiger partial charge in [0.15, 0.2) is 0 Å². The van der Waals surface area contributed by atoms with Crippen molar-refractivity contribution in [1.29, 1.82) is 0 Å². The van der Waals surface area contributed by atoms with Gasteiger partial charge >= 0.3 is 0 Å². The Hall–Kier alpha value is -2.66. The first kappa shape index (κ1) is 20.6. The van der Waals surface area contributed by atoms with E-state index in [0.717, 1.165) is 36.4 Å². The molecule has 3 aromatic rings. The number of aliphatic hydroxyl groups excluding tert-OH is 1. The number of rotatable bonds is 7. The SMILES string of the molecule is O[C@H]1CN(CCc2ccccc2)CC[C@]1(O)c1ccc(OCc2ccccc2)cc1. The first-order valence-electron chi connectivity index (χ1n) is 10.6. The number of nitrogens with zero attached hydrogens (tertiary/aromatic N) is 1. The molecule has 0 aliphatic carbocycles. The lowest BCUT2D eigenvalue weighted by Crippen LogP contribution is -2.53. The van der Waals surface area contributed by atoms with E-state index < -0.39 is 11.7 Å². The van der Waals surface area contributed by atoms with Gasteiger partial charge in [0.2, 0.25) is 0 Å². The highest BCUT2D eigenvalue weighted by molar-refractivity contribution is 5.32. The van der Waals surface area contributed by atoms with Crippen molar-refractivity contribution in [2.24, 2.45) is 0 Å². The lowest BCUT2D eigenvalue weighted by Gasteiger charge is -2.42. The Morgan fingerprint density at radius 1 is 0.867 bits per heavy atom. The summed E-state index contributed by atoms with van der Waals surface area (Å²) in [5.74, 6) is 0.751. The Kier molecular flexibility index (Phi) is 6.48. The molecule has 30 heavy (non-hydrogen) atoms. The van der Waals surface area contributed by atoms with Crippen LogP contribution in [0.4, 0.5) is 0 Å². The molecule has 4 rings (SSSR count). The van der Waals surface area contributed by atoms with E-state index in [1.807, 2.05) is 72.8 Å². The summed E-state index contributed by atoms with van der Waals surface area (Å²) in [6.07, 6.45) is 0.630. The zero-order valence-electron chi connectivity index (χ0n) is 17.2. The van der Waals surface area contributed by atoms with E-state index >= 15 is 0 Å². The van der Waals surface area contributed by atoms with Crippen LogP contribution < -0.4 is 4.74 Å². The van der Waals surface area contributed by atoms with Crippen molar-refractivity contribution in [2.75, 3.05) is 19.6 Å². The molecule has 0 spiro atoms. The fourth-order valence-electron chi connectivity index (χ4n) is 4.03. The molecular formula is C26H29NO3. The molecule has 1 saturated heterocycles. The molecule has 1 aliphatic rings. The highest BCUT2D eigenvalue weighted by Gasteiger charge is 2.41. The van der Waals surface area contributed by atoms with Gasteiger partial charge in [-0.1, -0.05) is 72.8 Å². The molecular weight excluding hydrogens is 374 g/mol. The summed E-state index contributed by atoms with van der Waals surface area (Å²) in [5, 5.41) is 21.9. The van der Waals surface area contributed by atoms with Gasteiger partial charge in [0.25, 0.3) is 0 Å².